The fraction of sp³-hybridized carbons (Fsp3) is 0.571. The summed E-state index contributed by atoms with van der Waals surface area (Å²) in [6.07, 6.45) is 4.00. The average molecular weight is 394 g/mol. The molecule has 2 aliphatic rings. The Kier molecular flexibility index (Phi) is 4.62. The largest absolute Gasteiger partial charge is 0.312 e. The number of rotatable bonds is 3. The molecule has 4 nitrogen and oxygen atoms in total. The third kappa shape index (κ3) is 3.01. The fourth-order valence-electron chi connectivity index (χ4n) is 3.32. The van der Waals surface area contributed by atoms with Gasteiger partial charge in [0.25, 0.3) is 0 Å². The second-order valence-corrected chi connectivity index (χ2v) is 8.78. The van der Waals surface area contributed by atoms with Crippen LogP contribution in [0.4, 0.5) is 0 Å². The third-order valence-electron chi connectivity index (χ3n) is 4.29. The number of benzene rings is 1. The molecule has 3 rings (SSSR count). The molecule has 0 amide bonds. The van der Waals surface area contributed by atoms with Crippen molar-refractivity contribution in [3.8, 4) is 0 Å². The first-order valence-electron chi connectivity index (χ1n) is 7.20. The molecule has 0 saturated carbocycles. The SMILES string of the molecule is O=S(=O)(c1ccc(Br)cc1Cl)N1CCCC1C1CCCN1. The Hall–Kier alpha value is -0.140. The molecular weight excluding hydrogens is 376 g/mol. The van der Waals surface area contributed by atoms with Gasteiger partial charge in [-0.2, -0.15) is 4.31 Å². The van der Waals surface area contributed by atoms with E-state index in [4.69, 9.17) is 11.6 Å². The summed E-state index contributed by atoms with van der Waals surface area (Å²) in [5, 5.41) is 3.70. The number of hydrogen-bond acceptors (Lipinski definition) is 3. The molecule has 0 spiro atoms. The van der Waals surface area contributed by atoms with E-state index in [0.717, 1.165) is 36.7 Å². The lowest BCUT2D eigenvalue weighted by molar-refractivity contribution is 0.322. The van der Waals surface area contributed by atoms with Gasteiger partial charge in [0.15, 0.2) is 0 Å². The summed E-state index contributed by atoms with van der Waals surface area (Å²) in [5.41, 5.74) is 0. The van der Waals surface area contributed by atoms with Gasteiger partial charge < -0.3 is 5.32 Å². The summed E-state index contributed by atoms with van der Waals surface area (Å²) in [7, 11) is -3.53. The highest BCUT2D eigenvalue weighted by molar-refractivity contribution is 9.10. The molecule has 1 N–H and O–H groups in total. The summed E-state index contributed by atoms with van der Waals surface area (Å²) in [6.45, 7) is 1.56. The van der Waals surface area contributed by atoms with E-state index >= 15 is 0 Å². The van der Waals surface area contributed by atoms with Crippen molar-refractivity contribution in [1.29, 1.82) is 0 Å². The minimum absolute atomic E-state index is 0.0530. The Morgan fingerprint density at radius 2 is 2.10 bits per heavy atom. The topological polar surface area (TPSA) is 49.4 Å². The fourth-order valence-corrected chi connectivity index (χ4v) is 6.06. The summed E-state index contributed by atoms with van der Waals surface area (Å²) >= 11 is 9.46. The minimum Gasteiger partial charge on any atom is -0.312 e. The quantitative estimate of drug-likeness (QED) is 0.859. The van der Waals surface area contributed by atoms with Crippen molar-refractivity contribution in [2.75, 3.05) is 13.1 Å². The summed E-state index contributed by atoms with van der Waals surface area (Å²) in [5.74, 6) is 0. The van der Waals surface area contributed by atoms with Crippen molar-refractivity contribution in [3.63, 3.8) is 0 Å². The van der Waals surface area contributed by atoms with Gasteiger partial charge in [0.05, 0.1) is 5.02 Å². The first kappa shape index (κ1) is 15.7. The molecule has 2 atom stereocenters. The van der Waals surface area contributed by atoms with Gasteiger partial charge in [0.2, 0.25) is 10.0 Å². The molecule has 2 fully saturated rings. The molecule has 116 valence electrons. The monoisotopic (exact) mass is 392 g/mol. The molecule has 2 unspecified atom stereocenters. The molecule has 2 aliphatic heterocycles. The maximum Gasteiger partial charge on any atom is 0.244 e. The molecule has 0 radical (unpaired) electrons. The van der Waals surface area contributed by atoms with Crippen LogP contribution in [0.1, 0.15) is 25.7 Å². The Morgan fingerprint density at radius 1 is 1.29 bits per heavy atom. The molecule has 1 aromatic rings. The zero-order chi connectivity index (χ0) is 15.0. The van der Waals surface area contributed by atoms with Crippen LogP contribution in [0, 0.1) is 0 Å². The number of sulfonamides is 1. The van der Waals surface area contributed by atoms with Crippen molar-refractivity contribution >= 4 is 37.6 Å². The van der Waals surface area contributed by atoms with Gasteiger partial charge in [-0.15, -0.1) is 0 Å². The predicted octanol–water partition coefficient (Wildman–Crippen LogP) is 3.01. The van der Waals surface area contributed by atoms with Crippen molar-refractivity contribution in [1.82, 2.24) is 9.62 Å². The van der Waals surface area contributed by atoms with Crippen LogP contribution < -0.4 is 5.32 Å². The van der Waals surface area contributed by atoms with Gasteiger partial charge in [-0.3, -0.25) is 0 Å². The molecule has 0 aliphatic carbocycles. The van der Waals surface area contributed by atoms with Gasteiger partial charge in [-0.25, -0.2) is 8.42 Å². The smallest absolute Gasteiger partial charge is 0.244 e. The van der Waals surface area contributed by atoms with Crippen LogP contribution in [-0.4, -0.2) is 37.9 Å². The zero-order valence-electron chi connectivity index (χ0n) is 11.6. The summed E-state index contributed by atoms with van der Waals surface area (Å²) < 4.78 is 28.3. The predicted molar refractivity (Wildman–Crippen MR) is 87.1 cm³/mol. The Morgan fingerprint density at radius 3 is 2.76 bits per heavy atom. The van der Waals surface area contributed by atoms with Gasteiger partial charge in [0.1, 0.15) is 4.90 Å². The summed E-state index contributed by atoms with van der Waals surface area (Å²) in [6, 6.07) is 5.26. The van der Waals surface area contributed by atoms with Gasteiger partial charge >= 0.3 is 0 Å². The van der Waals surface area contributed by atoms with E-state index in [0.29, 0.717) is 6.54 Å². The summed E-state index contributed by atoms with van der Waals surface area (Å²) in [4.78, 5) is 0.206. The van der Waals surface area contributed by atoms with E-state index in [1.54, 1.807) is 22.5 Å². The van der Waals surface area contributed by atoms with Crippen LogP contribution in [0.25, 0.3) is 0 Å². The Labute approximate surface area is 139 Å². The highest BCUT2D eigenvalue weighted by Crippen LogP contribution is 2.34. The molecule has 1 aromatic carbocycles. The second-order valence-electron chi connectivity index (χ2n) is 5.60. The number of nitrogens with zero attached hydrogens (tertiary/aromatic N) is 1. The van der Waals surface area contributed by atoms with Crippen molar-refractivity contribution in [3.05, 3.63) is 27.7 Å². The van der Waals surface area contributed by atoms with E-state index in [1.807, 2.05) is 0 Å². The van der Waals surface area contributed by atoms with Crippen LogP contribution in [0.2, 0.25) is 5.02 Å². The van der Waals surface area contributed by atoms with Crippen LogP contribution in [-0.2, 0) is 10.0 Å². The first-order valence-corrected chi connectivity index (χ1v) is 9.81. The van der Waals surface area contributed by atoms with E-state index in [-0.39, 0.29) is 22.0 Å². The molecule has 0 aromatic heterocycles. The van der Waals surface area contributed by atoms with Gasteiger partial charge in [-0.1, -0.05) is 27.5 Å². The highest BCUT2D eigenvalue weighted by Gasteiger charge is 2.40. The highest BCUT2D eigenvalue weighted by atomic mass is 79.9. The normalized spacial score (nSPS) is 27.3. The second kappa shape index (κ2) is 6.16. The van der Waals surface area contributed by atoms with Gasteiger partial charge in [-0.05, 0) is 50.4 Å². The third-order valence-corrected chi connectivity index (χ3v) is 7.19. The number of halogens is 2. The number of hydrogen-bond donors (Lipinski definition) is 1. The zero-order valence-corrected chi connectivity index (χ0v) is 14.7. The minimum atomic E-state index is -3.53. The van der Waals surface area contributed by atoms with Crippen LogP contribution >= 0.6 is 27.5 Å². The van der Waals surface area contributed by atoms with E-state index in [1.165, 1.54) is 0 Å². The molecule has 0 bridgehead atoms. The van der Waals surface area contributed by atoms with Crippen molar-refractivity contribution in [2.24, 2.45) is 0 Å². The van der Waals surface area contributed by atoms with E-state index in [9.17, 15) is 8.42 Å². The molecule has 21 heavy (non-hydrogen) atoms. The van der Waals surface area contributed by atoms with Crippen LogP contribution in [0.15, 0.2) is 27.6 Å². The van der Waals surface area contributed by atoms with Gasteiger partial charge in [0, 0.05) is 23.1 Å². The lowest BCUT2D eigenvalue weighted by Gasteiger charge is -2.29. The maximum atomic E-state index is 12.9. The van der Waals surface area contributed by atoms with Crippen molar-refractivity contribution < 1.29 is 8.42 Å². The molecule has 2 saturated heterocycles. The number of nitrogens with one attached hydrogen (secondary N) is 1. The average Bonchev–Trinajstić information content (AvgIpc) is 3.09. The lowest BCUT2D eigenvalue weighted by Crippen LogP contribution is -2.46. The van der Waals surface area contributed by atoms with Crippen LogP contribution in [0.3, 0.4) is 0 Å². The van der Waals surface area contributed by atoms with E-state index < -0.39 is 10.0 Å². The lowest BCUT2D eigenvalue weighted by atomic mass is 10.1. The Balaban J connectivity index is 1.93. The first-order chi connectivity index (χ1) is 10.00. The van der Waals surface area contributed by atoms with Crippen molar-refractivity contribution in [2.45, 2.75) is 42.7 Å². The maximum absolute atomic E-state index is 12.9. The molecular formula is C14H18BrClN2O2S. The molecule has 7 heteroatoms. The van der Waals surface area contributed by atoms with Crippen LogP contribution in [0.5, 0.6) is 0 Å². The standard InChI is InChI=1S/C14H18BrClN2O2S/c15-10-5-6-14(11(16)9-10)21(19,20)18-8-2-4-13(18)12-3-1-7-17-12/h5-6,9,12-13,17H,1-4,7-8H2. The Bertz CT molecular complexity index is 632. The van der Waals surface area contributed by atoms with E-state index in [2.05, 4.69) is 21.2 Å². The molecule has 2 heterocycles.